The molecule has 116 valence electrons. The molecule has 1 aliphatic rings. The van der Waals surface area contributed by atoms with Crippen molar-refractivity contribution < 1.29 is 22.5 Å². The van der Waals surface area contributed by atoms with Crippen molar-refractivity contribution in [1.82, 2.24) is 0 Å². The van der Waals surface area contributed by atoms with E-state index in [1.807, 2.05) is 27.7 Å². The topological polar surface area (TPSA) is 44.5 Å². The second-order valence-electron chi connectivity index (χ2n) is 6.28. The molecule has 0 radical (unpaired) electrons. The summed E-state index contributed by atoms with van der Waals surface area (Å²) in [6.07, 6.45) is -3.31. The molecular weight excluding hydrogens is 282 g/mol. The maximum Gasteiger partial charge on any atom is 0.494 e. The summed E-state index contributed by atoms with van der Waals surface area (Å²) in [5.41, 5.74) is 4.09. The molecule has 1 saturated heterocycles. The van der Waals surface area contributed by atoms with E-state index in [1.54, 1.807) is 6.07 Å². The molecule has 1 aromatic carbocycles. The summed E-state index contributed by atoms with van der Waals surface area (Å²) >= 11 is 0. The van der Waals surface area contributed by atoms with Gasteiger partial charge in [0.15, 0.2) is 0 Å². The number of halogens is 3. The Morgan fingerprint density at radius 2 is 1.67 bits per heavy atom. The molecule has 2 N–H and O–H groups in total. The lowest BCUT2D eigenvalue weighted by Crippen LogP contribution is -2.41. The Labute approximate surface area is 122 Å². The van der Waals surface area contributed by atoms with Crippen LogP contribution in [0.5, 0.6) is 0 Å². The van der Waals surface area contributed by atoms with Gasteiger partial charge in [0, 0.05) is 5.56 Å². The fourth-order valence-corrected chi connectivity index (χ4v) is 2.03. The highest BCUT2D eigenvalue weighted by molar-refractivity contribution is 6.62. The van der Waals surface area contributed by atoms with Crippen LogP contribution in [0, 0.1) is 0 Å². The molecule has 1 atom stereocenters. The Kier molecular flexibility index (Phi) is 3.89. The van der Waals surface area contributed by atoms with E-state index in [2.05, 4.69) is 0 Å². The van der Waals surface area contributed by atoms with Gasteiger partial charge < -0.3 is 9.31 Å². The fourth-order valence-electron chi connectivity index (χ4n) is 2.03. The molecule has 0 amide bonds. The molecule has 1 aromatic rings. The Morgan fingerprint density at radius 1 is 1.14 bits per heavy atom. The molecule has 0 bridgehead atoms. The van der Waals surface area contributed by atoms with E-state index < -0.39 is 30.5 Å². The second-order valence-corrected chi connectivity index (χ2v) is 6.28. The van der Waals surface area contributed by atoms with Crippen molar-refractivity contribution in [2.75, 3.05) is 0 Å². The molecule has 0 aromatic heterocycles. The van der Waals surface area contributed by atoms with Crippen LogP contribution in [0.25, 0.3) is 0 Å². The van der Waals surface area contributed by atoms with Crippen LogP contribution in [0.4, 0.5) is 13.2 Å². The van der Waals surface area contributed by atoms with Gasteiger partial charge in [-0.25, -0.2) is 13.2 Å². The smallest absolute Gasteiger partial charge is 0.399 e. The first kappa shape index (κ1) is 16.3. The van der Waals surface area contributed by atoms with Gasteiger partial charge >= 0.3 is 7.12 Å². The minimum Gasteiger partial charge on any atom is -0.399 e. The molecule has 0 spiro atoms. The maximum atomic E-state index is 13.9. The van der Waals surface area contributed by atoms with Crippen molar-refractivity contribution in [3.05, 3.63) is 29.8 Å². The van der Waals surface area contributed by atoms with E-state index in [-0.39, 0.29) is 5.56 Å². The third-order valence-electron chi connectivity index (χ3n) is 4.17. The summed E-state index contributed by atoms with van der Waals surface area (Å²) in [7, 11) is -0.747. The van der Waals surface area contributed by atoms with Crippen LogP contribution in [0.2, 0.25) is 0 Å². The lowest BCUT2D eigenvalue weighted by Gasteiger charge is -2.32. The summed E-state index contributed by atoms with van der Waals surface area (Å²) in [5.74, 6) is -3.19. The van der Waals surface area contributed by atoms with Crippen LogP contribution < -0.4 is 11.2 Å². The number of hydrogen-bond acceptors (Lipinski definition) is 3. The molecule has 0 aliphatic carbocycles. The third kappa shape index (κ3) is 2.82. The van der Waals surface area contributed by atoms with Gasteiger partial charge in [-0.2, -0.15) is 0 Å². The highest BCUT2D eigenvalue weighted by atomic mass is 19.3. The summed E-state index contributed by atoms with van der Waals surface area (Å²) < 4.78 is 50.9. The number of hydrogen-bond donors (Lipinski definition) is 1. The van der Waals surface area contributed by atoms with Gasteiger partial charge in [-0.3, -0.25) is 5.73 Å². The average Bonchev–Trinajstić information content (AvgIpc) is 2.58. The molecule has 0 saturated carbocycles. The molecule has 1 unspecified atom stereocenters. The number of benzene rings is 1. The first-order valence-electron chi connectivity index (χ1n) is 6.69. The van der Waals surface area contributed by atoms with Gasteiger partial charge in [0.2, 0.25) is 5.79 Å². The van der Waals surface area contributed by atoms with Gasteiger partial charge in [-0.05, 0) is 33.2 Å². The summed E-state index contributed by atoms with van der Waals surface area (Å²) in [6.45, 7) is 7.49. The number of rotatable bonds is 3. The monoisotopic (exact) mass is 301 g/mol. The van der Waals surface area contributed by atoms with Crippen molar-refractivity contribution >= 4 is 12.6 Å². The molecule has 2 rings (SSSR count). The van der Waals surface area contributed by atoms with E-state index in [1.165, 1.54) is 18.2 Å². The molecule has 21 heavy (non-hydrogen) atoms. The van der Waals surface area contributed by atoms with Crippen molar-refractivity contribution in [3.8, 4) is 0 Å². The van der Waals surface area contributed by atoms with E-state index >= 15 is 0 Å². The van der Waals surface area contributed by atoms with E-state index in [0.717, 1.165) is 0 Å². The largest absolute Gasteiger partial charge is 0.494 e. The average molecular weight is 301 g/mol. The number of alkyl halides is 3. The van der Waals surface area contributed by atoms with Crippen molar-refractivity contribution in [2.24, 2.45) is 5.73 Å². The van der Waals surface area contributed by atoms with Crippen molar-refractivity contribution in [2.45, 2.75) is 51.1 Å². The van der Waals surface area contributed by atoms with Crippen LogP contribution in [0.1, 0.15) is 33.3 Å². The standard InChI is InChI=1S/C14H19BF3NO2/c1-12(2)13(3,4)21-15(20-12)10-7-5-6-9(8-10)14(18,19)11(16)17/h5-8,11H,19H2,1-4H3. The summed E-state index contributed by atoms with van der Waals surface area (Å²) in [6, 6.07) is 5.57. The van der Waals surface area contributed by atoms with Gasteiger partial charge in [0.1, 0.15) is 0 Å². The first-order chi connectivity index (χ1) is 9.47. The second kappa shape index (κ2) is 5.00. The highest BCUT2D eigenvalue weighted by Gasteiger charge is 2.52. The van der Waals surface area contributed by atoms with Crippen molar-refractivity contribution in [1.29, 1.82) is 0 Å². The summed E-state index contributed by atoms with van der Waals surface area (Å²) in [5, 5.41) is 0. The van der Waals surface area contributed by atoms with Gasteiger partial charge in [0.05, 0.1) is 11.2 Å². The predicted molar refractivity (Wildman–Crippen MR) is 75.1 cm³/mol. The quantitative estimate of drug-likeness (QED) is 0.688. The Bertz CT molecular complexity index is 519. The predicted octanol–water partition coefficient (Wildman–Crippen LogP) is 2.33. The zero-order chi connectivity index (χ0) is 16.1. The summed E-state index contributed by atoms with van der Waals surface area (Å²) in [4.78, 5) is 0. The normalized spacial score (nSPS) is 23.4. The third-order valence-corrected chi connectivity index (χ3v) is 4.17. The zero-order valence-corrected chi connectivity index (χ0v) is 12.5. The highest BCUT2D eigenvalue weighted by Crippen LogP contribution is 2.36. The van der Waals surface area contributed by atoms with E-state index in [9.17, 15) is 13.2 Å². The van der Waals surface area contributed by atoms with E-state index in [0.29, 0.717) is 5.46 Å². The van der Waals surface area contributed by atoms with Gasteiger partial charge in [0.25, 0.3) is 6.43 Å². The van der Waals surface area contributed by atoms with Gasteiger partial charge in [-0.15, -0.1) is 0 Å². The number of nitrogens with two attached hydrogens (primary N) is 1. The molecule has 1 aliphatic heterocycles. The molecule has 1 fully saturated rings. The minimum absolute atomic E-state index is 0.301. The molecular formula is C14H19BF3NO2. The molecule has 1 heterocycles. The lowest BCUT2D eigenvalue weighted by atomic mass is 9.78. The van der Waals surface area contributed by atoms with Crippen LogP contribution in [0.15, 0.2) is 24.3 Å². The first-order valence-corrected chi connectivity index (χ1v) is 6.69. The van der Waals surface area contributed by atoms with E-state index in [4.69, 9.17) is 15.0 Å². The SMILES string of the molecule is CC1(C)OB(c2cccc(C(N)(F)C(F)F)c2)OC1(C)C. The molecule has 7 heteroatoms. The Balaban J connectivity index is 2.32. The van der Waals surface area contributed by atoms with Gasteiger partial charge in [-0.1, -0.05) is 24.3 Å². The Hall–Kier alpha value is -1.05. The van der Waals surface area contributed by atoms with Crippen LogP contribution in [0.3, 0.4) is 0 Å². The molecule has 3 nitrogen and oxygen atoms in total. The zero-order valence-electron chi connectivity index (χ0n) is 12.5. The Morgan fingerprint density at radius 3 is 2.14 bits per heavy atom. The fraction of sp³-hybridized carbons (Fsp3) is 0.571. The van der Waals surface area contributed by atoms with Crippen molar-refractivity contribution in [3.63, 3.8) is 0 Å². The lowest BCUT2D eigenvalue weighted by molar-refractivity contribution is -0.0348. The van der Waals surface area contributed by atoms with Crippen LogP contribution in [-0.4, -0.2) is 24.7 Å². The van der Waals surface area contributed by atoms with Crippen LogP contribution >= 0.6 is 0 Å². The minimum atomic E-state index is -3.31. The maximum absolute atomic E-state index is 13.9. The van der Waals surface area contributed by atoms with Crippen LogP contribution in [-0.2, 0) is 15.1 Å².